The van der Waals surface area contributed by atoms with Crippen molar-refractivity contribution >= 4 is 11.7 Å². The summed E-state index contributed by atoms with van der Waals surface area (Å²) in [5.41, 5.74) is 4.64. The molecule has 0 aliphatic carbocycles. The number of urea groups is 1. The standard InChI is InChI=1S/C20H22N4O2/c1-4-10-21-20(25)22-16-7-5-6-15(12-16)18-23-19(26-24-18)17-9-8-13(2)11-14(17)3/h5-9,11-12H,4,10H2,1-3H3,(H2,21,22,25). The van der Waals surface area contributed by atoms with Crippen LogP contribution in [0.2, 0.25) is 0 Å². The van der Waals surface area contributed by atoms with Crippen molar-refractivity contribution in [2.75, 3.05) is 11.9 Å². The molecule has 0 fully saturated rings. The predicted molar refractivity (Wildman–Crippen MR) is 102 cm³/mol. The number of nitrogens with zero attached hydrogens (tertiary/aromatic N) is 2. The highest BCUT2D eigenvalue weighted by atomic mass is 16.5. The van der Waals surface area contributed by atoms with Gasteiger partial charge >= 0.3 is 6.03 Å². The number of anilines is 1. The SMILES string of the molecule is CCCNC(=O)Nc1cccc(-c2noc(-c3ccc(C)cc3C)n2)c1. The van der Waals surface area contributed by atoms with Gasteiger partial charge in [0.25, 0.3) is 5.89 Å². The van der Waals surface area contributed by atoms with Crippen LogP contribution >= 0.6 is 0 Å². The lowest BCUT2D eigenvalue weighted by Gasteiger charge is -2.07. The number of benzene rings is 2. The molecule has 0 aliphatic rings. The third-order valence-electron chi connectivity index (χ3n) is 3.95. The van der Waals surface area contributed by atoms with E-state index in [1.54, 1.807) is 0 Å². The van der Waals surface area contributed by atoms with Gasteiger partial charge in [-0.25, -0.2) is 4.79 Å². The number of rotatable bonds is 5. The van der Waals surface area contributed by atoms with Gasteiger partial charge in [0, 0.05) is 23.4 Å². The molecule has 3 aromatic rings. The Hall–Kier alpha value is -3.15. The van der Waals surface area contributed by atoms with E-state index in [9.17, 15) is 4.79 Å². The van der Waals surface area contributed by atoms with Crippen molar-refractivity contribution in [2.24, 2.45) is 0 Å². The number of carbonyl (C=O) groups is 1. The number of nitrogens with one attached hydrogen (secondary N) is 2. The van der Waals surface area contributed by atoms with Gasteiger partial charge in [0.15, 0.2) is 0 Å². The van der Waals surface area contributed by atoms with E-state index in [4.69, 9.17) is 4.52 Å². The summed E-state index contributed by atoms with van der Waals surface area (Å²) in [5.74, 6) is 0.967. The Bertz CT molecular complexity index is 918. The summed E-state index contributed by atoms with van der Waals surface area (Å²) in [6, 6.07) is 13.2. The molecule has 0 bridgehead atoms. The predicted octanol–water partition coefficient (Wildman–Crippen LogP) is 4.55. The minimum Gasteiger partial charge on any atom is -0.338 e. The molecule has 1 heterocycles. The van der Waals surface area contributed by atoms with Crippen LogP contribution in [0.1, 0.15) is 24.5 Å². The van der Waals surface area contributed by atoms with Gasteiger partial charge in [-0.05, 0) is 44.0 Å². The molecule has 1 aromatic heterocycles. The van der Waals surface area contributed by atoms with Crippen LogP contribution < -0.4 is 10.6 Å². The monoisotopic (exact) mass is 350 g/mol. The van der Waals surface area contributed by atoms with Gasteiger partial charge in [0.05, 0.1) is 0 Å². The number of amides is 2. The summed E-state index contributed by atoms with van der Waals surface area (Å²) >= 11 is 0. The zero-order valence-electron chi connectivity index (χ0n) is 15.2. The van der Waals surface area contributed by atoms with Crippen LogP contribution in [-0.2, 0) is 0 Å². The molecule has 0 atom stereocenters. The van der Waals surface area contributed by atoms with Crippen LogP contribution in [0.25, 0.3) is 22.8 Å². The normalized spacial score (nSPS) is 10.6. The number of hydrogen-bond donors (Lipinski definition) is 2. The quantitative estimate of drug-likeness (QED) is 0.707. The van der Waals surface area contributed by atoms with Crippen molar-refractivity contribution in [3.05, 3.63) is 53.6 Å². The van der Waals surface area contributed by atoms with E-state index >= 15 is 0 Å². The molecule has 0 saturated heterocycles. The van der Waals surface area contributed by atoms with E-state index in [2.05, 4.69) is 26.8 Å². The van der Waals surface area contributed by atoms with Crippen LogP contribution in [0.5, 0.6) is 0 Å². The molecular formula is C20H22N4O2. The van der Waals surface area contributed by atoms with E-state index in [0.717, 1.165) is 23.1 Å². The van der Waals surface area contributed by atoms with Crippen LogP contribution in [0.4, 0.5) is 10.5 Å². The zero-order chi connectivity index (χ0) is 18.5. The molecule has 0 spiro atoms. The maximum Gasteiger partial charge on any atom is 0.319 e. The molecule has 134 valence electrons. The molecular weight excluding hydrogens is 328 g/mol. The third kappa shape index (κ3) is 4.08. The fourth-order valence-electron chi connectivity index (χ4n) is 2.65. The highest BCUT2D eigenvalue weighted by Gasteiger charge is 2.13. The fourth-order valence-corrected chi connectivity index (χ4v) is 2.65. The Morgan fingerprint density at radius 2 is 2.00 bits per heavy atom. The van der Waals surface area contributed by atoms with Crippen molar-refractivity contribution in [3.63, 3.8) is 0 Å². The Morgan fingerprint density at radius 3 is 2.77 bits per heavy atom. The number of aryl methyl sites for hydroxylation is 2. The summed E-state index contributed by atoms with van der Waals surface area (Å²) in [4.78, 5) is 16.3. The second-order valence-electron chi connectivity index (χ2n) is 6.20. The molecule has 0 saturated carbocycles. The maximum absolute atomic E-state index is 11.8. The van der Waals surface area contributed by atoms with Crippen molar-refractivity contribution in [1.29, 1.82) is 0 Å². The number of carbonyl (C=O) groups excluding carboxylic acids is 1. The first-order chi connectivity index (χ1) is 12.6. The number of aromatic nitrogens is 2. The molecule has 2 N–H and O–H groups in total. The average Bonchev–Trinajstić information content (AvgIpc) is 3.10. The van der Waals surface area contributed by atoms with Gasteiger partial charge < -0.3 is 15.2 Å². The van der Waals surface area contributed by atoms with E-state index in [0.29, 0.717) is 23.9 Å². The Morgan fingerprint density at radius 1 is 1.15 bits per heavy atom. The summed E-state index contributed by atoms with van der Waals surface area (Å²) in [6.07, 6.45) is 0.886. The fraction of sp³-hybridized carbons (Fsp3) is 0.250. The third-order valence-corrected chi connectivity index (χ3v) is 3.95. The second kappa shape index (κ2) is 7.82. The van der Waals surface area contributed by atoms with Gasteiger partial charge in [0.2, 0.25) is 5.82 Å². The number of hydrogen-bond acceptors (Lipinski definition) is 4. The summed E-state index contributed by atoms with van der Waals surface area (Å²) in [7, 11) is 0. The lowest BCUT2D eigenvalue weighted by Crippen LogP contribution is -2.29. The Labute approximate surface area is 152 Å². The molecule has 2 amide bonds. The zero-order valence-corrected chi connectivity index (χ0v) is 15.2. The minimum atomic E-state index is -0.229. The van der Waals surface area contributed by atoms with Gasteiger partial charge in [-0.2, -0.15) is 4.98 Å². The van der Waals surface area contributed by atoms with E-state index in [1.807, 2.05) is 57.2 Å². The average molecular weight is 350 g/mol. The summed E-state index contributed by atoms with van der Waals surface area (Å²) in [5, 5.41) is 9.66. The Kier molecular flexibility index (Phi) is 5.31. The summed E-state index contributed by atoms with van der Waals surface area (Å²) in [6.45, 7) is 6.71. The molecule has 2 aromatic carbocycles. The first-order valence-electron chi connectivity index (χ1n) is 8.63. The lowest BCUT2D eigenvalue weighted by atomic mass is 10.1. The highest BCUT2D eigenvalue weighted by molar-refractivity contribution is 5.89. The molecule has 3 rings (SSSR count). The maximum atomic E-state index is 11.8. The summed E-state index contributed by atoms with van der Waals surface area (Å²) < 4.78 is 5.44. The molecule has 0 radical (unpaired) electrons. The first-order valence-corrected chi connectivity index (χ1v) is 8.63. The molecule has 0 unspecified atom stereocenters. The molecule has 6 nitrogen and oxygen atoms in total. The van der Waals surface area contributed by atoms with Crippen LogP contribution in [0.3, 0.4) is 0 Å². The smallest absolute Gasteiger partial charge is 0.319 e. The van der Waals surface area contributed by atoms with Crippen LogP contribution in [0, 0.1) is 13.8 Å². The lowest BCUT2D eigenvalue weighted by molar-refractivity contribution is 0.252. The van der Waals surface area contributed by atoms with E-state index < -0.39 is 0 Å². The van der Waals surface area contributed by atoms with Crippen molar-refractivity contribution < 1.29 is 9.32 Å². The van der Waals surface area contributed by atoms with Crippen molar-refractivity contribution in [2.45, 2.75) is 27.2 Å². The van der Waals surface area contributed by atoms with Gasteiger partial charge in [0.1, 0.15) is 0 Å². The van der Waals surface area contributed by atoms with Gasteiger partial charge in [-0.1, -0.05) is 41.9 Å². The van der Waals surface area contributed by atoms with Crippen molar-refractivity contribution in [3.8, 4) is 22.8 Å². The topological polar surface area (TPSA) is 80.0 Å². The molecule has 26 heavy (non-hydrogen) atoms. The molecule has 6 heteroatoms. The highest BCUT2D eigenvalue weighted by Crippen LogP contribution is 2.26. The minimum absolute atomic E-state index is 0.229. The second-order valence-corrected chi connectivity index (χ2v) is 6.20. The van der Waals surface area contributed by atoms with Gasteiger partial charge in [-0.15, -0.1) is 0 Å². The van der Waals surface area contributed by atoms with E-state index in [-0.39, 0.29) is 6.03 Å². The van der Waals surface area contributed by atoms with Crippen LogP contribution in [-0.4, -0.2) is 22.7 Å². The molecule has 0 aliphatic heterocycles. The first kappa shape index (κ1) is 17.7. The van der Waals surface area contributed by atoms with Crippen molar-refractivity contribution in [1.82, 2.24) is 15.5 Å². The van der Waals surface area contributed by atoms with Crippen LogP contribution in [0.15, 0.2) is 47.0 Å². The van der Waals surface area contributed by atoms with E-state index in [1.165, 1.54) is 5.56 Å². The largest absolute Gasteiger partial charge is 0.338 e. The van der Waals surface area contributed by atoms with Gasteiger partial charge in [-0.3, -0.25) is 0 Å². The Balaban J connectivity index is 1.81.